The van der Waals surface area contributed by atoms with E-state index < -0.39 is 0 Å². The third-order valence-corrected chi connectivity index (χ3v) is 6.33. The Morgan fingerprint density at radius 2 is 1.32 bits per heavy atom. The fraction of sp³-hybridized carbons (Fsp3) is 0.519. The lowest BCUT2D eigenvalue weighted by atomic mass is 9.76. The van der Waals surface area contributed by atoms with E-state index in [0.717, 1.165) is 6.42 Å². The van der Waals surface area contributed by atoms with Crippen LogP contribution in [0.1, 0.15) is 94.5 Å². The molecule has 0 saturated carbocycles. The summed E-state index contributed by atoms with van der Waals surface area (Å²) in [5.74, 6) is 1.01. The predicted molar refractivity (Wildman–Crippen MR) is 123 cm³/mol. The Hall–Kier alpha value is -1.89. The van der Waals surface area contributed by atoms with Crippen molar-refractivity contribution in [2.75, 3.05) is 0 Å². The topological polar surface area (TPSA) is 3.01 Å². The molecule has 1 heterocycles. The predicted octanol–water partition coefficient (Wildman–Crippen LogP) is 7.41. The number of hydrogen-bond donors (Lipinski definition) is 0. The van der Waals surface area contributed by atoms with E-state index in [9.17, 15) is 0 Å². The highest BCUT2D eigenvalue weighted by atomic mass is 15.1. The van der Waals surface area contributed by atoms with Gasteiger partial charge in [-0.05, 0) is 38.2 Å². The van der Waals surface area contributed by atoms with Crippen LogP contribution in [-0.4, -0.2) is 16.3 Å². The summed E-state index contributed by atoms with van der Waals surface area (Å²) in [5, 5.41) is 0. The standard InChI is InChI=1S/C27H38N/c1-18(2)23-11-10-12-24(19(3)4)25(23)28-17-27(9,16-26(28,7)8)22-14-20(5)13-21(6)15-22/h10-15,17-19H,16H2,1-9H3/q+1. The van der Waals surface area contributed by atoms with Gasteiger partial charge in [-0.3, -0.25) is 0 Å². The van der Waals surface area contributed by atoms with Crippen LogP contribution in [0.15, 0.2) is 36.4 Å². The van der Waals surface area contributed by atoms with E-state index >= 15 is 0 Å². The smallest absolute Gasteiger partial charge is 0.196 e. The van der Waals surface area contributed by atoms with Gasteiger partial charge in [0.25, 0.3) is 0 Å². The molecule has 3 rings (SSSR count). The summed E-state index contributed by atoms with van der Waals surface area (Å²) in [6.45, 7) is 20.9. The Kier molecular flexibility index (Phi) is 5.34. The van der Waals surface area contributed by atoms with E-state index in [0.29, 0.717) is 11.8 Å². The molecule has 0 radical (unpaired) electrons. The second-order valence-corrected chi connectivity index (χ2v) is 10.4. The Labute approximate surface area is 172 Å². The quantitative estimate of drug-likeness (QED) is 0.489. The van der Waals surface area contributed by atoms with Gasteiger partial charge in [-0.15, -0.1) is 0 Å². The zero-order chi connectivity index (χ0) is 20.9. The molecule has 1 heteroatoms. The zero-order valence-corrected chi connectivity index (χ0v) is 19.4. The number of hydrogen-bond acceptors (Lipinski definition) is 0. The minimum absolute atomic E-state index is 0.0403. The molecule has 1 atom stereocenters. The molecule has 1 aliphatic heterocycles. The van der Waals surface area contributed by atoms with Crippen molar-refractivity contribution >= 4 is 11.9 Å². The van der Waals surface area contributed by atoms with Crippen molar-refractivity contribution in [3.8, 4) is 0 Å². The van der Waals surface area contributed by atoms with Gasteiger partial charge in [0.2, 0.25) is 5.69 Å². The monoisotopic (exact) mass is 376 g/mol. The maximum Gasteiger partial charge on any atom is 0.212 e. The highest BCUT2D eigenvalue weighted by Gasteiger charge is 2.50. The summed E-state index contributed by atoms with van der Waals surface area (Å²) in [6, 6.07) is 13.9. The average Bonchev–Trinajstić information content (AvgIpc) is 2.83. The van der Waals surface area contributed by atoms with Crippen molar-refractivity contribution in [2.24, 2.45) is 0 Å². The van der Waals surface area contributed by atoms with Gasteiger partial charge in [0.1, 0.15) is 0 Å². The molecule has 28 heavy (non-hydrogen) atoms. The first-order valence-corrected chi connectivity index (χ1v) is 10.8. The lowest BCUT2D eigenvalue weighted by molar-refractivity contribution is -0.513. The molecule has 0 N–H and O–H groups in total. The van der Waals surface area contributed by atoms with Crippen molar-refractivity contribution in [1.82, 2.24) is 0 Å². The van der Waals surface area contributed by atoms with Crippen LogP contribution >= 0.6 is 0 Å². The molecule has 0 aliphatic carbocycles. The largest absolute Gasteiger partial charge is 0.212 e. The molecule has 0 aromatic heterocycles. The second kappa shape index (κ2) is 7.17. The highest BCUT2D eigenvalue weighted by Crippen LogP contribution is 2.45. The first-order valence-electron chi connectivity index (χ1n) is 10.8. The lowest BCUT2D eigenvalue weighted by Gasteiger charge is -2.25. The molecule has 2 aromatic carbocycles. The van der Waals surface area contributed by atoms with Crippen LogP contribution in [0.4, 0.5) is 5.69 Å². The van der Waals surface area contributed by atoms with E-state index in [1.165, 1.54) is 33.5 Å². The van der Waals surface area contributed by atoms with Crippen molar-refractivity contribution in [1.29, 1.82) is 0 Å². The van der Waals surface area contributed by atoms with E-state index in [2.05, 4.69) is 110 Å². The summed E-state index contributed by atoms with van der Waals surface area (Å²) in [4.78, 5) is 0. The van der Waals surface area contributed by atoms with Crippen molar-refractivity contribution in [3.05, 3.63) is 64.2 Å². The summed E-state index contributed by atoms with van der Waals surface area (Å²) in [6.07, 6.45) is 3.64. The average molecular weight is 377 g/mol. The van der Waals surface area contributed by atoms with Crippen LogP contribution in [-0.2, 0) is 5.41 Å². The molecule has 1 unspecified atom stereocenters. The minimum Gasteiger partial charge on any atom is -0.196 e. The Bertz CT molecular complexity index is 867. The SMILES string of the molecule is Cc1cc(C)cc(C2(C)C=[N+](c3c(C(C)C)cccc3C(C)C)C(C)(C)C2)c1. The molecular weight excluding hydrogens is 338 g/mol. The molecule has 0 spiro atoms. The number of nitrogens with zero attached hydrogens (tertiary/aromatic N) is 1. The van der Waals surface area contributed by atoms with E-state index in [4.69, 9.17) is 0 Å². The second-order valence-electron chi connectivity index (χ2n) is 10.4. The van der Waals surface area contributed by atoms with E-state index in [-0.39, 0.29) is 11.0 Å². The van der Waals surface area contributed by atoms with Crippen LogP contribution in [0.2, 0.25) is 0 Å². The first-order chi connectivity index (χ1) is 12.9. The van der Waals surface area contributed by atoms with Crippen molar-refractivity contribution in [2.45, 2.75) is 91.5 Å². The van der Waals surface area contributed by atoms with Gasteiger partial charge in [0.05, 0.1) is 5.41 Å². The molecule has 0 saturated heterocycles. The lowest BCUT2D eigenvalue weighted by Crippen LogP contribution is -2.31. The third-order valence-electron chi connectivity index (χ3n) is 6.33. The molecule has 0 fully saturated rings. The Balaban J connectivity index is 2.26. The third kappa shape index (κ3) is 3.69. The number of rotatable bonds is 4. The van der Waals surface area contributed by atoms with E-state index in [1.807, 2.05) is 0 Å². The van der Waals surface area contributed by atoms with Gasteiger partial charge >= 0.3 is 0 Å². The van der Waals surface area contributed by atoms with Gasteiger partial charge in [0, 0.05) is 31.4 Å². The normalized spacial score (nSPS) is 21.5. The summed E-state index contributed by atoms with van der Waals surface area (Å²) in [5.41, 5.74) is 8.61. The fourth-order valence-corrected chi connectivity index (χ4v) is 5.13. The number of benzene rings is 2. The van der Waals surface area contributed by atoms with Crippen LogP contribution in [0.3, 0.4) is 0 Å². The van der Waals surface area contributed by atoms with Gasteiger partial charge in [-0.25, -0.2) is 0 Å². The van der Waals surface area contributed by atoms with Crippen LogP contribution < -0.4 is 0 Å². The summed E-state index contributed by atoms with van der Waals surface area (Å²) in [7, 11) is 0. The van der Waals surface area contributed by atoms with Gasteiger partial charge < -0.3 is 0 Å². The van der Waals surface area contributed by atoms with E-state index in [1.54, 1.807) is 0 Å². The molecule has 0 amide bonds. The maximum absolute atomic E-state index is 2.61. The van der Waals surface area contributed by atoms with Crippen LogP contribution in [0.5, 0.6) is 0 Å². The molecule has 1 aliphatic rings. The van der Waals surface area contributed by atoms with Crippen LogP contribution in [0.25, 0.3) is 0 Å². The molecule has 1 nitrogen and oxygen atoms in total. The van der Waals surface area contributed by atoms with Crippen molar-refractivity contribution in [3.63, 3.8) is 0 Å². The highest BCUT2D eigenvalue weighted by molar-refractivity contribution is 5.74. The van der Waals surface area contributed by atoms with Gasteiger partial charge in [-0.1, -0.05) is 75.2 Å². The fourth-order valence-electron chi connectivity index (χ4n) is 5.13. The van der Waals surface area contributed by atoms with Gasteiger partial charge in [-0.2, -0.15) is 4.58 Å². The molecule has 2 aromatic rings. The van der Waals surface area contributed by atoms with Gasteiger partial charge in [0.15, 0.2) is 11.8 Å². The number of para-hydroxylation sites is 1. The number of aryl methyl sites for hydroxylation is 2. The Morgan fingerprint density at radius 3 is 1.79 bits per heavy atom. The molecule has 0 bridgehead atoms. The van der Waals surface area contributed by atoms with Crippen LogP contribution in [0, 0.1) is 13.8 Å². The minimum atomic E-state index is 0.0403. The summed E-state index contributed by atoms with van der Waals surface area (Å²) >= 11 is 0. The van der Waals surface area contributed by atoms with Crippen molar-refractivity contribution < 1.29 is 4.58 Å². The molecular formula is C27H38N+. The molecule has 150 valence electrons. The zero-order valence-electron chi connectivity index (χ0n) is 19.4. The first kappa shape index (κ1) is 20.8. The maximum atomic E-state index is 2.61. The summed E-state index contributed by atoms with van der Waals surface area (Å²) < 4.78 is 2.61. The Morgan fingerprint density at radius 1 is 0.821 bits per heavy atom.